The third kappa shape index (κ3) is 2.70. The van der Waals surface area contributed by atoms with Crippen LogP contribution < -0.4 is 0 Å². The summed E-state index contributed by atoms with van der Waals surface area (Å²) < 4.78 is 10.1. The molecule has 3 atom stereocenters. The van der Waals surface area contributed by atoms with Crippen molar-refractivity contribution in [3.63, 3.8) is 0 Å². The fourth-order valence-corrected chi connectivity index (χ4v) is 4.53. The summed E-state index contributed by atoms with van der Waals surface area (Å²) in [4.78, 5) is 33.5. The fourth-order valence-electron chi connectivity index (χ4n) is 4.53. The number of nitrogens with zero attached hydrogens (tertiary/aromatic N) is 3. The van der Waals surface area contributed by atoms with Crippen LogP contribution in [0.5, 0.6) is 0 Å². The zero-order chi connectivity index (χ0) is 19.1. The van der Waals surface area contributed by atoms with Crippen LogP contribution >= 0.6 is 0 Å². The predicted octanol–water partition coefficient (Wildman–Crippen LogP) is 2.85. The van der Waals surface area contributed by atoms with Gasteiger partial charge in [-0.2, -0.15) is 0 Å². The Morgan fingerprint density at radius 2 is 1.82 bits per heavy atom. The summed E-state index contributed by atoms with van der Waals surface area (Å²) in [5.74, 6) is 0.236. The zero-order valence-corrected chi connectivity index (χ0v) is 15.1. The average molecular weight is 377 g/mol. The molecule has 0 spiro atoms. The molecule has 4 heterocycles. The van der Waals surface area contributed by atoms with Gasteiger partial charge in [0, 0.05) is 31.5 Å². The van der Waals surface area contributed by atoms with Crippen molar-refractivity contribution in [2.75, 3.05) is 19.6 Å². The second kappa shape index (κ2) is 6.67. The van der Waals surface area contributed by atoms with E-state index in [1.54, 1.807) is 6.07 Å². The Balaban J connectivity index is 1.44. The van der Waals surface area contributed by atoms with E-state index in [1.165, 1.54) is 25.2 Å². The van der Waals surface area contributed by atoms with Gasteiger partial charge in [-0.3, -0.25) is 9.59 Å². The summed E-state index contributed by atoms with van der Waals surface area (Å²) in [5.41, 5.74) is 1.96. The second-order valence-corrected chi connectivity index (χ2v) is 7.33. The van der Waals surface area contributed by atoms with Gasteiger partial charge in [0.1, 0.15) is 12.5 Å². The fraction of sp³-hybridized carbons (Fsp3) is 0.286. The highest BCUT2D eigenvalue weighted by atomic mass is 16.3. The number of amides is 2. The van der Waals surface area contributed by atoms with Crippen molar-refractivity contribution >= 4 is 11.8 Å². The van der Waals surface area contributed by atoms with E-state index in [2.05, 4.69) is 4.98 Å². The van der Waals surface area contributed by atoms with Gasteiger partial charge < -0.3 is 18.6 Å². The molecule has 2 saturated heterocycles. The molecule has 7 nitrogen and oxygen atoms in total. The van der Waals surface area contributed by atoms with E-state index in [0.717, 1.165) is 5.56 Å². The van der Waals surface area contributed by atoms with E-state index in [9.17, 15) is 9.59 Å². The first kappa shape index (κ1) is 16.8. The summed E-state index contributed by atoms with van der Waals surface area (Å²) in [5, 5.41) is 0. The first-order valence-corrected chi connectivity index (χ1v) is 9.28. The van der Waals surface area contributed by atoms with Crippen molar-refractivity contribution in [3.8, 4) is 0 Å². The Morgan fingerprint density at radius 3 is 2.54 bits per heavy atom. The van der Waals surface area contributed by atoms with E-state index >= 15 is 0 Å². The van der Waals surface area contributed by atoms with Crippen molar-refractivity contribution in [2.45, 2.75) is 6.04 Å². The molecule has 2 fully saturated rings. The van der Waals surface area contributed by atoms with Crippen LogP contribution in [0.25, 0.3) is 0 Å². The van der Waals surface area contributed by atoms with E-state index in [1.807, 2.05) is 40.1 Å². The molecule has 2 aliphatic heterocycles. The minimum atomic E-state index is -0.123. The third-order valence-electron chi connectivity index (χ3n) is 5.77. The minimum Gasteiger partial charge on any atom is -0.472 e. The largest absolute Gasteiger partial charge is 0.472 e. The summed E-state index contributed by atoms with van der Waals surface area (Å²) in [6.07, 6.45) is 5.64. The van der Waals surface area contributed by atoms with E-state index in [-0.39, 0.29) is 29.7 Å². The summed E-state index contributed by atoms with van der Waals surface area (Å²) >= 11 is 0. The zero-order valence-electron chi connectivity index (χ0n) is 15.1. The van der Waals surface area contributed by atoms with Crippen LogP contribution in [-0.2, 0) is 0 Å². The van der Waals surface area contributed by atoms with Crippen molar-refractivity contribution < 1.29 is 18.4 Å². The van der Waals surface area contributed by atoms with Crippen molar-refractivity contribution in [1.82, 2.24) is 14.8 Å². The standard InChI is InChI=1S/C21H19N3O4/c25-20(15-6-7-27-11-15)24-9-16-8-23(21(26)18-12-28-13-22-18)10-17(16)19(24)14-4-2-1-3-5-14/h1-7,11-13,16-17,19H,8-10H2/t16-,17-,19+/m0/s1. The Labute approximate surface area is 161 Å². The number of oxazole rings is 1. The lowest BCUT2D eigenvalue weighted by Gasteiger charge is -2.29. The monoisotopic (exact) mass is 377 g/mol. The van der Waals surface area contributed by atoms with E-state index in [4.69, 9.17) is 8.83 Å². The first-order valence-electron chi connectivity index (χ1n) is 9.28. The van der Waals surface area contributed by atoms with Gasteiger partial charge in [-0.15, -0.1) is 0 Å². The van der Waals surface area contributed by atoms with Crippen LogP contribution in [0.1, 0.15) is 32.5 Å². The minimum absolute atomic E-state index is 0.0358. The first-order chi connectivity index (χ1) is 13.7. The van der Waals surface area contributed by atoms with Crippen LogP contribution in [0, 0.1) is 11.8 Å². The highest BCUT2D eigenvalue weighted by Crippen LogP contribution is 2.45. The molecule has 7 heteroatoms. The maximum atomic E-state index is 13.1. The Bertz CT molecular complexity index is 969. The van der Waals surface area contributed by atoms with Gasteiger partial charge in [-0.25, -0.2) is 4.98 Å². The normalized spacial score (nSPS) is 23.8. The molecule has 0 aliphatic carbocycles. The van der Waals surface area contributed by atoms with Crippen LogP contribution in [0.4, 0.5) is 0 Å². The van der Waals surface area contributed by atoms with Crippen molar-refractivity contribution in [1.29, 1.82) is 0 Å². The average Bonchev–Trinajstić information content (AvgIpc) is 3.51. The quantitative estimate of drug-likeness (QED) is 0.701. The predicted molar refractivity (Wildman–Crippen MR) is 98.3 cm³/mol. The van der Waals surface area contributed by atoms with Gasteiger partial charge >= 0.3 is 0 Å². The Kier molecular flexibility index (Phi) is 4.00. The number of carbonyl (C=O) groups is 2. The molecule has 3 aromatic rings. The number of hydrogen-bond donors (Lipinski definition) is 0. The molecule has 0 bridgehead atoms. The molecule has 2 aliphatic rings. The SMILES string of the molecule is O=C(c1cocn1)N1C[C@H]2CN(C(=O)c3ccoc3)[C@H](c3ccccc3)[C@H]2C1. The molecule has 5 rings (SSSR count). The molecule has 28 heavy (non-hydrogen) atoms. The number of benzene rings is 1. The molecule has 0 radical (unpaired) electrons. The molecule has 142 valence electrons. The highest BCUT2D eigenvalue weighted by molar-refractivity contribution is 5.94. The number of aromatic nitrogens is 1. The summed E-state index contributed by atoms with van der Waals surface area (Å²) in [6.45, 7) is 1.80. The van der Waals surface area contributed by atoms with Crippen LogP contribution in [-0.4, -0.2) is 46.2 Å². The number of fused-ring (bicyclic) bond motifs is 1. The van der Waals surface area contributed by atoms with Gasteiger partial charge in [0.25, 0.3) is 11.8 Å². The number of furan rings is 1. The maximum absolute atomic E-state index is 13.1. The lowest BCUT2D eigenvalue weighted by Crippen LogP contribution is -2.37. The Hall–Kier alpha value is -3.35. The summed E-state index contributed by atoms with van der Waals surface area (Å²) in [7, 11) is 0. The van der Waals surface area contributed by atoms with Gasteiger partial charge in [0.2, 0.25) is 0 Å². The Morgan fingerprint density at radius 1 is 0.964 bits per heavy atom. The molecule has 0 saturated carbocycles. The van der Waals surface area contributed by atoms with Crippen molar-refractivity contribution in [2.24, 2.45) is 11.8 Å². The lowest BCUT2D eigenvalue weighted by atomic mass is 9.89. The topological polar surface area (TPSA) is 79.8 Å². The van der Waals surface area contributed by atoms with Crippen LogP contribution in [0.2, 0.25) is 0 Å². The second-order valence-electron chi connectivity index (χ2n) is 7.33. The van der Waals surface area contributed by atoms with Gasteiger partial charge in [0.15, 0.2) is 12.1 Å². The lowest BCUT2D eigenvalue weighted by molar-refractivity contribution is 0.0674. The van der Waals surface area contributed by atoms with Crippen molar-refractivity contribution in [3.05, 3.63) is 78.4 Å². The molecule has 0 unspecified atom stereocenters. The van der Waals surface area contributed by atoms with Crippen LogP contribution in [0.3, 0.4) is 0 Å². The van der Waals surface area contributed by atoms with Gasteiger partial charge in [-0.1, -0.05) is 30.3 Å². The summed E-state index contributed by atoms with van der Waals surface area (Å²) in [6, 6.07) is 11.6. The van der Waals surface area contributed by atoms with Gasteiger partial charge in [0.05, 0.1) is 17.9 Å². The number of carbonyl (C=O) groups excluding carboxylic acids is 2. The highest BCUT2D eigenvalue weighted by Gasteiger charge is 2.50. The number of likely N-dealkylation sites (tertiary alicyclic amines) is 2. The van der Waals surface area contributed by atoms with E-state index < -0.39 is 0 Å². The smallest absolute Gasteiger partial charge is 0.275 e. The van der Waals surface area contributed by atoms with E-state index in [0.29, 0.717) is 30.9 Å². The maximum Gasteiger partial charge on any atom is 0.275 e. The molecular weight excluding hydrogens is 358 g/mol. The number of hydrogen-bond acceptors (Lipinski definition) is 5. The van der Waals surface area contributed by atoms with Crippen LogP contribution in [0.15, 0.2) is 70.4 Å². The number of rotatable bonds is 3. The molecule has 0 N–H and O–H groups in total. The third-order valence-corrected chi connectivity index (χ3v) is 5.77. The molecule has 2 aromatic heterocycles. The molecular formula is C21H19N3O4. The van der Waals surface area contributed by atoms with Gasteiger partial charge in [-0.05, 0) is 11.6 Å². The molecule has 1 aromatic carbocycles. The molecule has 2 amide bonds.